The van der Waals surface area contributed by atoms with Crippen molar-refractivity contribution in [1.29, 1.82) is 0 Å². The number of rotatable bonds is 5. The molecule has 0 atom stereocenters. The molecule has 1 aliphatic heterocycles. The highest BCUT2D eigenvalue weighted by atomic mass is 32.2. The Morgan fingerprint density at radius 1 is 1.58 bits per heavy atom. The molecule has 2 heterocycles. The van der Waals surface area contributed by atoms with Crippen molar-refractivity contribution in [3.8, 4) is 0 Å². The minimum absolute atomic E-state index is 0.0334. The maximum atomic E-state index is 11.7. The molecule has 6 heteroatoms. The minimum Gasteiger partial charge on any atom is -0.338 e. The molecule has 19 heavy (non-hydrogen) atoms. The number of hydrogen-bond donors (Lipinski definition) is 2. The number of hydrogen-bond acceptors (Lipinski definition) is 5. The zero-order chi connectivity index (χ0) is 13.9. The number of aromatic nitrogens is 1. The maximum Gasteiger partial charge on any atom is 0.236 e. The number of amides is 1. The fraction of sp³-hybridized carbons (Fsp3) is 0.692. The van der Waals surface area contributed by atoms with Crippen LogP contribution < -0.4 is 10.6 Å². The second-order valence-corrected chi connectivity index (χ2v) is 6.94. The summed E-state index contributed by atoms with van der Waals surface area (Å²) in [7, 11) is 0. The van der Waals surface area contributed by atoms with E-state index < -0.39 is 0 Å². The zero-order valence-electron chi connectivity index (χ0n) is 11.7. The first-order valence-corrected chi connectivity index (χ1v) is 7.66. The van der Waals surface area contributed by atoms with Crippen LogP contribution in [0.3, 0.4) is 0 Å². The lowest BCUT2D eigenvalue weighted by Gasteiger charge is -2.26. The Kier molecular flexibility index (Phi) is 4.52. The highest BCUT2D eigenvalue weighted by Gasteiger charge is 2.20. The average molecular weight is 283 g/mol. The average Bonchev–Trinajstić information content (AvgIpc) is 2.69. The molecule has 0 spiro atoms. The van der Waals surface area contributed by atoms with Gasteiger partial charge in [-0.1, -0.05) is 25.9 Å². The predicted molar refractivity (Wildman–Crippen MR) is 77.5 cm³/mol. The van der Waals surface area contributed by atoms with Crippen LogP contribution in [0.5, 0.6) is 0 Å². The molecule has 1 aromatic heterocycles. The Morgan fingerprint density at radius 3 is 2.84 bits per heavy atom. The van der Waals surface area contributed by atoms with Crippen molar-refractivity contribution in [3.63, 3.8) is 0 Å². The van der Waals surface area contributed by atoms with E-state index in [-0.39, 0.29) is 11.3 Å². The first kappa shape index (κ1) is 14.4. The largest absolute Gasteiger partial charge is 0.338 e. The highest BCUT2D eigenvalue weighted by Crippen LogP contribution is 2.23. The third-order valence-corrected chi connectivity index (χ3v) is 4.17. The summed E-state index contributed by atoms with van der Waals surface area (Å²) >= 11 is 1.66. The first-order valence-electron chi connectivity index (χ1n) is 6.50. The third kappa shape index (κ3) is 4.24. The molecule has 106 valence electrons. The lowest BCUT2D eigenvalue weighted by molar-refractivity contribution is -0.113. The second-order valence-electron chi connectivity index (χ2n) is 5.91. The van der Waals surface area contributed by atoms with E-state index in [0.717, 1.165) is 30.5 Å². The van der Waals surface area contributed by atoms with Gasteiger partial charge in [-0.3, -0.25) is 10.1 Å². The fourth-order valence-electron chi connectivity index (χ4n) is 1.65. The third-order valence-electron chi connectivity index (χ3n) is 2.99. The molecule has 0 aliphatic carbocycles. The van der Waals surface area contributed by atoms with Crippen LogP contribution >= 0.6 is 11.8 Å². The molecule has 0 bridgehead atoms. The number of nitrogens with zero attached hydrogens (tertiary/aromatic N) is 1. The van der Waals surface area contributed by atoms with Gasteiger partial charge in [0, 0.05) is 11.5 Å². The molecule has 0 radical (unpaired) electrons. The molecule has 0 aromatic carbocycles. The molecule has 1 fully saturated rings. The van der Waals surface area contributed by atoms with Gasteiger partial charge >= 0.3 is 0 Å². The lowest BCUT2D eigenvalue weighted by atomic mass is 9.92. The quantitative estimate of drug-likeness (QED) is 0.863. The van der Waals surface area contributed by atoms with Crippen molar-refractivity contribution in [3.05, 3.63) is 11.8 Å². The molecule has 1 aromatic rings. The molecule has 5 nitrogen and oxygen atoms in total. The van der Waals surface area contributed by atoms with Gasteiger partial charge in [0.2, 0.25) is 11.8 Å². The molecular weight excluding hydrogens is 262 g/mol. The van der Waals surface area contributed by atoms with Crippen LogP contribution in [0.15, 0.2) is 10.6 Å². The van der Waals surface area contributed by atoms with E-state index in [9.17, 15) is 4.79 Å². The van der Waals surface area contributed by atoms with Crippen molar-refractivity contribution >= 4 is 23.6 Å². The van der Waals surface area contributed by atoms with Crippen molar-refractivity contribution in [1.82, 2.24) is 10.5 Å². The lowest BCUT2D eigenvalue weighted by Crippen LogP contribution is -2.43. The zero-order valence-corrected chi connectivity index (χ0v) is 12.5. The topological polar surface area (TPSA) is 67.2 Å². The van der Waals surface area contributed by atoms with Gasteiger partial charge in [-0.25, -0.2) is 0 Å². The Morgan fingerprint density at radius 2 is 2.32 bits per heavy atom. The Balaban J connectivity index is 1.73. The summed E-state index contributed by atoms with van der Waals surface area (Å²) in [6.07, 6.45) is 0. The van der Waals surface area contributed by atoms with E-state index in [4.69, 9.17) is 4.52 Å². The number of anilines is 1. The first-order chi connectivity index (χ1) is 8.95. The Hall–Kier alpha value is -1.01. The van der Waals surface area contributed by atoms with E-state index in [1.165, 1.54) is 0 Å². The van der Waals surface area contributed by atoms with E-state index in [0.29, 0.717) is 11.6 Å². The summed E-state index contributed by atoms with van der Waals surface area (Å²) in [5.74, 6) is 2.61. The number of nitrogens with one attached hydrogen (secondary N) is 2. The van der Waals surface area contributed by atoms with Crippen LogP contribution in [0.25, 0.3) is 0 Å². The molecule has 1 saturated heterocycles. The van der Waals surface area contributed by atoms with Gasteiger partial charge in [-0.2, -0.15) is 11.8 Å². The Bertz CT molecular complexity index is 435. The van der Waals surface area contributed by atoms with Crippen LogP contribution in [-0.4, -0.2) is 35.7 Å². The van der Waals surface area contributed by atoms with Crippen molar-refractivity contribution < 1.29 is 9.32 Å². The van der Waals surface area contributed by atoms with E-state index >= 15 is 0 Å². The highest BCUT2D eigenvalue weighted by molar-refractivity contribution is 7.99. The summed E-state index contributed by atoms with van der Waals surface area (Å²) < 4.78 is 5.12. The van der Waals surface area contributed by atoms with Crippen molar-refractivity contribution in [2.75, 3.05) is 29.9 Å². The Labute approximate surface area is 117 Å². The maximum absolute atomic E-state index is 11.7. The van der Waals surface area contributed by atoms with Crippen LogP contribution in [0, 0.1) is 5.92 Å². The van der Waals surface area contributed by atoms with Crippen LogP contribution in [-0.2, 0) is 10.2 Å². The fourth-order valence-corrected chi connectivity index (χ4v) is 2.59. The van der Waals surface area contributed by atoms with E-state index in [2.05, 4.69) is 36.6 Å². The van der Waals surface area contributed by atoms with Gasteiger partial charge in [0.1, 0.15) is 0 Å². The van der Waals surface area contributed by atoms with Gasteiger partial charge in [0.25, 0.3) is 0 Å². The van der Waals surface area contributed by atoms with Gasteiger partial charge in [-0.15, -0.1) is 0 Å². The standard InChI is InChI=1S/C13H21N3O2S/c1-13(2,3)10-4-12(18-16-10)15-11(17)8-19-7-9-5-14-6-9/h4,9,14H,5-8H2,1-3H3,(H,15,17). The normalized spacial score (nSPS) is 16.2. The molecule has 0 unspecified atom stereocenters. The summed E-state index contributed by atoms with van der Waals surface area (Å²) in [5, 5.41) is 9.93. The van der Waals surface area contributed by atoms with Crippen molar-refractivity contribution in [2.24, 2.45) is 5.92 Å². The summed E-state index contributed by atoms with van der Waals surface area (Å²) in [4.78, 5) is 11.7. The minimum atomic E-state index is -0.0710. The van der Waals surface area contributed by atoms with Gasteiger partial charge < -0.3 is 9.84 Å². The summed E-state index contributed by atoms with van der Waals surface area (Å²) in [5.41, 5.74) is 0.773. The van der Waals surface area contributed by atoms with E-state index in [1.807, 2.05) is 0 Å². The number of thioether (sulfide) groups is 1. The summed E-state index contributed by atoms with van der Waals surface area (Å²) in [6.45, 7) is 8.31. The van der Waals surface area contributed by atoms with Gasteiger partial charge in [0.05, 0.1) is 11.4 Å². The predicted octanol–water partition coefficient (Wildman–Crippen LogP) is 1.86. The van der Waals surface area contributed by atoms with E-state index in [1.54, 1.807) is 17.8 Å². The van der Waals surface area contributed by atoms with Crippen molar-refractivity contribution in [2.45, 2.75) is 26.2 Å². The molecule has 2 rings (SSSR count). The van der Waals surface area contributed by atoms with Gasteiger partial charge in [0.15, 0.2) is 0 Å². The summed E-state index contributed by atoms with van der Waals surface area (Å²) in [6, 6.07) is 1.79. The monoisotopic (exact) mass is 283 g/mol. The smallest absolute Gasteiger partial charge is 0.236 e. The molecule has 0 saturated carbocycles. The second kappa shape index (κ2) is 5.96. The number of carbonyl (C=O) groups excluding carboxylic acids is 1. The van der Waals surface area contributed by atoms with Gasteiger partial charge in [-0.05, 0) is 24.8 Å². The SMILES string of the molecule is CC(C)(C)c1cc(NC(=O)CSCC2CNC2)on1. The van der Waals surface area contributed by atoms with Crippen LogP contribution in [0.4, 0.5) is 5.88 Å². The molecule has 2 N–H and O–H groups in total. The number of carbonyl (C=O) groups is 1. The molecule has 1 amide bonds. The molecular formula is C13H21N3O2S. The van der Waals surface area contributed by atoms with Crippen LogP contribution in [0.2, 0.25) is 0 Å². The van der Waals surface area contributed by atoms with Crippen LogP contribution in [0.1, 0.15) is 26.5 Å². The molecule has 1 aliphatic rings.